The molecule has 0 bridgehead atoms. The van der Waals surface area contributed by atoms with Crippen LogP contribution in [0.25, 0.3) is 0 Å². The third kappa shape index (κ3) is 5.15. The summed E-state index contributed by atoms with van der Waals surface area (Å²) in [5.74, 6) is 0. The topological polar surface area (TPSA) is 34.1 Å². The Kier molecular flexibility index (Phi) is 6.78. The molecule has 1 rings (SSSR count). The molecule has 0 aliphatic heterocycles. The van der Waals surface area contributed by atoms with E-state index in [4.69, 9.17) is 0 Å². The van der Waals surface area contributed by atoms with Gasteiger partial charge in [0, 0.05) is 0 Å². The Hall–Kier alpha value is -1.16. The van der Waals surface area contributed by atoms with E-state index in [-0.39, 0.29) is 4.90 Å². The van der Waals surface area contributed by atoms with Crippen LogP contribution in [0.3, 0.4) is 0 Å². The lowest BCUT2D eigenvalue weighted by molar-refractivity contribution is 0.574. The fourth-order valence-corrected chi connectivity index (χ4v) is 2.86. The smallest absolute Gasteiger partial charge is 0.216 e. The number of hydrogen-bond donors (Lipinski definition) is 0. The Labute approximate surface area is 115 Å². The molecule has 0 fully saturated rings. The number of unbranched alkanes of at least 4 members (excludes halogenated alkanes) is 5. The molecule has 0 saturated carbocycles. The lowest BCUT2D eigenvalue weighted by Crippen LogP contribution is -2.01. The number of hydrogen-bond acceptors (Lipinski definition) is 2. The third-order valence-electron chi connectivity index (χ3n) is 2.92. The molecule has 0 saturated heterocycles. The zero-order chi connectivity index (χ0) is 14.1. The van der Waals surface area contributed by atoms with Crippen molar-refractivity contribution in [2.45, 2.75) is 50.3 Å². The van der Waals surface area contributed by atoms with E-state index in [1.54, 1.807) is 18.2 Å². The van der Waals surface area contributed by atoms with E-state index >= 15 is 0 Å². The van der Waals surface area contributed by atoms with Crippen molar-refractivity contribution in [2.75, 3.05) is 0 Å². The quantitative estimate of drug-likeness (QED) is 0.652. The van der Waals surface area contributed by atoms with Gasteiger partial charge in [-0.2, -0.15) is 4.39 Å². The van der Waals surface area contributed by atoms with Crippen molar-refractivity contribution in [1.82, 2.24) is 0 Å². The maximum Gasteiger partial charge on any atom is 0.232 e. The zero-order valence-electron chi connectivity index (χ0n) is 11.3. The second-order valence-electron chi connectivity index (χ2n) is 4.53. The number of sulfone groups is 1. The van der Waals surface area contributed by atoms with E-state index in [9.17, 15) is 12.8 Å². The lowest BCUT2D eigenvalue weighted by atomic mass is 10.1. The van der Waals surface area contributed by atoms with Crippen LogP contribution in [0, 0.1) is 0 Å². The van der Waals surface area contributed by atoms with Crippen LogP contribution in [-0.4, -0.2) is 8.42 Å². The Morgan fingerprint density at radius 2 is 1.74 bits per heavy atom. The summed E-state index contributed by atoms with van der Waals surface area (Å²) in [4.78, 5) is 0.00901. The molecule has 0 unspecified atom stereocenters. The zero-order valence-corrected chi connectivity index (χ0v) is 12.1. The monoisotopic (exact) mass is 284 g/mol. The predicted octanol–water partition coefficient (Wildman–Crippen LogP) is 4.63. The molecule has 2 nitrogen and oxygen atoms in total. The van der Waals surface area contributed by atoms with E-state index in [1.807, 2.05) is 0 Å². The van der Waals surface area contributed by atoms with E-state index in [1.165, 1.54) is 24.6 Å². The van der Waals surface area contributed by atoms with Gasteiger partial charge in [0.25, 0.3) is 0 Å². The van der Waals surface area contributed by atoms with Crippen LogP contribution in [0.4, 0.5) is 4.39 Å². The molecule has 0 N–H and O–H groups in total. The van der Waals surface area contributed by atoms with Gasteiger partial charge in [0.1, 0.15) is 0 Å². The predicted molar refractivity (Wildman–Crippen MR) is 76.2 cm³/mol. The van der Waals surface area contributed by atoms with Gasteiger partial charge in [-0.15, -0.1) is 0 Å². The molecule has 0 aromatic heterocycles. The maximum atomic E-state index is 13.7. The highest BCUT2D eigenvalue weighted by Crippen LogP contribution is 2.20. The SMILES string of the molecule is CCCCCCC/C=C(/F)S(=O)(=O)c1ccccc1. The van der Waals surface area contributed by atoms with Crippen LogP contribution in [0.5, 0.6) is 0 Å². The summed E-state index contributed by atoms with van der Waals surface area (Å²) in [5, 5.41) is -1.03. The van der Waals surface area contributed by atoms with Crippen molar-refractivity contribution in [2.24, 2.45) is 0 Å². The van der Waals surface area contributed by atoms with E-state index in [2.05, 4.69) is 6.92 Å². The average molecular weight is 284 g/mol. The molecule has 4 heteroatoms. The Morgan fingerprint density at radius 1 is 1.11 bits per heavy atom. The number of rotatable bonds is 8. The minimum absolute atomic E-state index is 0.00901. The first-order valence-electron chi connectivity index (χ1n) is 6.75. The first kappa shape index (κ1) is 15.9. The van der Waals surface area contributed by atoms with Crippen LogP contribution in [0.1, 0.15) is 45.4 Å². The average Bonchev–Trinajstić information content (AvgIpc) is 2.43. The summed E-state index contributed by atoms with van der Waals surface area (Å²) >= 11 is 0. The van der Waals surface area contributed by atoms with Crippen molar-refractivity contribution >= 4 is 9.84 Å². The van der Waals surface area contributed by atoms with Crippen LogP contribution < -0.4 is 0 Å². The molecular weight excluding hydrogens is 263 g/mol. The van der Waals surface area contributed by atoms with Gasteiger partial charge in [0.15, 0.2) is 0 Å². The molecule has 1 aromatic rings. The van der Waals surface area contributed by atoms with E-state index in [0.29, 0.717) is 6.42 Å². The van der Waals surface area contributed by atoms with Crippen LogP contribution >= 0.6 is 0 Å². The Morgan fingerprint density at radius 3 is 2.37 bits per heavy atom. The summed E-state index contributed by atoms with van der Waals surface area (Å²) in [6, 6.07) is 7.69. The molecule has 0 aliphatic carbocycles. The summed E-state index contributed by atoms with van der Waals surface area (Å²) in [7, 11) is -3.94. The van der Waals surface area contributed by atoms with Gasteiger partial charge < -0.3 is 0 Å². The van der Waals surface area contributed by atoms with E-state index in [0.717, 1.165) is 25.7 Å². The van der Waals surface area contributed by atoms with Gasteiger partial charge in [-0.3, -0.25) is 0 Å². The van der Waals surface area contributed by atoms with Crippen LogP contribution in [-0.2, 0) is 9.84 Å². The van der Waals surface area contributed by atoms with Gasteiger partial charge in [-0.25, -0.2) is 8.42 Å². The van der Waals surface area contributed by atoms with Crippen LogP contribution in [0.15, 0.2) is 46.5 Å². The number of halogens is 1. The second kappa shape index (κ2) is 8.10. The number of allylic oxidation sites excluding steroid dienone is 1. The van der Waals surface area contributed by atoms with Crippen molar-refractivity contribution in [1.29, 1.82) is 0 Å². The van der Waals surface area contributed by atoms with Crippen molar-refractivity contribution in [3.63, 3.8) is 0 Å². The molecule has 0 radical (unpaired) electrons. The Bertz CT molecular complexity index is 492. The fourth-order valence-electron chi connectivity index (χ4n) is 1.79. The normalized spacial score (nSPS) is 12.6. The summed E-state index contributed by atoms with van der Waals surface area (Å²) in [5.41, 5.74) is 0. The molecule has 0 aliphatic rings. The van der Waals surface area contributed by atoms with Gasteiger partial charge in [0.2, 0.25) is 15.0 Å². The lowest BCUT2D eigenvalue weighted by Gasteiger charge is -2.01. The summed E-state index contributed by atoms with van der Waals surface area (Å²) in [6.07, 6.45) is 6.97. The largest absolute Gasteiger partial charge is 0.232 e. The van der Waals surface area contributed by atoms with Gasteiger partial charge in [-0.05, 0) is 31.1 Å². The molecular formula is C15H21FO2S. The molecule has 106 valence electrons. The van der Waals surface area contributed by atoms with E-state index < -0.39 is 15.0 Å². The van der Waals surface area contributed by atoms with Crippen molar-refractivity contribution in [3.8, 4) is 0 Å². The second-order valence-corrected chi connectivity index (χ2v) is 6.40. The third-order valence-corrected chi connectivity index (χ3v) is 4.50. The van der Waals surface area contributed by atoms with Crippen molar-refractivity contribution in [3.05, 3.63) is 41.6 Å². The highest BCUT2D eigenvalue weighted by atomic mass is 32.2. The fraction of sp³-hybridized carbons (Fsp3) is 0.467. The Balaban J connectivity index is 2.54. The number of benzene rings is 1. The van der Waals surface area contributed by atoms with Gasteiger partial charge in [0.05, 0.1) is 4.90 Å². The molecule has 0 spiro atoms. The standard InChI is InChI=1S/C15H21FO2S/c1-2-3-4-5-6-10-13-15(16)19(17,18)14-11-8-7-9-12-14/h7-9,11-13H,2-6,10H2,1H3/b15-13-. The molecule has 0 atom stereocenters. The highest BCUT2D eigenvalue weighted by molar-refractivity contribution is 7.95. The highest BCUT2D eigenvalue weighted by Gasteiger charge is 2.19. The van der Waals surface area contributed by atoms with Crippen molar-refractivity contribution < 1.29 is 12.8 Å². The summed E-state index contributed by atoms with van der Waals surface area (Å²) < 4.78 is 37.4. The first-order valence-corrected chi connectivity index (χ1v) is 8.23. The maximum absolute atomic E-state index is 13.7. The van der Waals surface area contributed by atoms with Crippen LogP contribution in [0.2, 0.25) is 0 Å². The van der Waals surface area contributed by atoms with Gasteiger partial charge in [-0.1, -0.05) is 50.8 Å². The molecule has 1 aromatic carbocycles. The minimum Gasteiger partial charge on any atom is -0.216 e. The van der Waals surface area contributed by atoms with Gasteiger partial charge >= 0.3 is 0 Å². The molecule has 0 amide bonds. The molecule has 19 heavy (non-hydrogen) atoms. The molecule has 0 heterocycles. The first-order chi connectivity index (χ1) is 9.09. The summed E-state index contributed by atoms with van der Waals surface area (Å²) in [6.45, 7) is 2.13. The minimum atomic E-state index is -3.94.